The normalized spacial score (nSPS) is 13.5. The molecule has 0 spiro atoms. The third-order valence-electron chi connectivity index (χ3n) is 3.28. The third kappa shape index (κ3) is 4.02. The second-order valence-corrected chi connectivity index (χ2v) is 5.40. The number of furan rings is 1. The van der Waals surface area contributed by atoms with Crippen LogP contribution in [0.15, 0.2) is 41.0 Å². The molecule has 0 saturated heterocycles. The number of amides is 1. The topological polar surface area (TPSA) is 63.5 Å². The fourth-order valence-electron chi connectivity index (χ4n) is 2.09. The van der Waals surface area contributed by atoms with Crippen molar-refractivity contribution in [2.75, 3.05) is 12.4 Å². The van der Waals surface area contributed by atoms with Gasteiger partial charge in [-0.1, -0.05) is 11.6 Å². The Kier molecular flexibility index (Phi) is 5.46. The highest BCUT2D eigenvalue weighted by Crippen LogP contribution is 2.27. The highest BCUT2D eigenvalue weighted by atomic mass is 35.5. The summed E-state index contributed by atoms with van der Waals surface area (Å²) in [6, 6.07) is 8.26. The van der Waals surface area contributed by atoms with Gasteiger partial charge in [-0.15, -0.1) is 0 Å². The van der Waals surface area contributed by atoms with Gasteiger partial charge in [0, 0.05) is 5.02 Å². The van der Waals surface area contributed by atoms with Crippen LogP contribution in [-0.4, -0.2) is 19.1 Å². The number of hydrogen-bond acceptors (Lipinski definition) is 4. The van der Waals surface area contributed by atoms with Crippen molar-refractivity contribution in [3.8, 4) is 5.75 Å². The molecule has 1 heterocycles. The molecule has 0 aliphatic rings. The van der Waals surface area contributed by atoms with Crippen molar-refractivity contribution in [1.29, 1.82) is 0 Å². The molecule has 0 bridgehead atoms. The second kappa shape index (κ2) is 7.33. The zero-order chi connectivity index (χ0) is 16.1. The van der Waals surface area contributed by atoms with E-state index in [2.05, 4.69) is 10.6 Å². The molecule has 0 saturated carbocycles. The van der Waals surface area contributed by atoms with Crippen molar-refractivity contribution < 1.29 is 13.9 Å². The molecule has 0 radical (unpaired) electrons. The zero-order valence-corrected chi connectivity index (χ0v) is 13.5. The van der Waals surface area contributed by atoms with E-state index in [1.54, 1.807) is 38.5 Å². The maximum atomic E-state index is 12.3. The molecule has 2 rings (SSSR count). The first kappa shape index (κ1) is 16.4. The maximum Gasteiger partial charge on any atom is 0.241 e. The number of hydrogen-bond donors (Lipinski definition) is 2. The van der Waals surface area contributed by atoms with Gasteiger partial charge in [0.25, 0.3) is 0 Å². The molecule has 2 N–H and O–H groups in total. The molecule has 1 aromatic carbocycles. The Morgan fingerprint density at radius 1 is 1.32 bits per heavy atom. The Hall–Kier alpha value is -1.98. The highest BCUT2D eigenvalue weighted by Gasteiger charge is 2.19. The van der Waals surface area contributed by atoms with Crippen LogP contribution < -0.4 is 15.4 Å². The van der Waals surface area contributed by atoms with Crippen LogP contribution in [0.1, 0.15) is 25.6 Å². The molecule has 1 aromatic heterocycles. The van der Waals surface area contributed by atoms with E-state index in [0.29, 0.717) is 16.5 Å². The van der Waals surface area contributed by atoms with Gasteiger partial charge in [0.1, 0.15) is 11.5 Å². The molecule has 1 amide bonds. The lowest BCUT2D eigenvalue weighted by Crippen LogP contribution is -2.39. The van der Waals surface area contributed by atoms with E-state index in [1.165, 1.54) is 0 Å². The summed E-state index contributed by atoms with van der Waals surface area (Å²) < 4.78 is 10.5. The van der Waals surface area contributed by atoms with Gasteiger partial charge < -0.3 is 14.5 Å². The van der Waals surface area contributed by atoms with Crippen LogP contribution in [0.5, 0.6) is 5.75 Å². The lowest BCUT2D eigenvalue weighted by Gasteiger charge is -2.19. The lowest BCUT2D eigenvalue weighted by molar-refractivity contribution is -0.118. The quantitative estimate of drug-likeness (QED) is 0.852. The Bertz CT molecular complexity index is 628. The Labute approximate surface area is 134 Å². The molecule has 118 valence electrons. The van der Waals surface area contributed by atoms with Crippen LogP contribution in [0.25, 0.3) is 0 Å². The lowest BCUT2D eigenvalue weighted by atomic mass is 10.2. The summed E-state index contributed by atoms with van der Waals surface area (Å²) in [7, 11) is 1.54. The standard InChI is InChI=1S/C16H19ClN2O3/c1-10(14-5-4-8-22-14)18-11(2)16(20)19-13-9-12(17)6-7-15(13)21-3/h4-11,18H,1-3H3,(H,19,20)/t10-,11+/m1/s1. The summed E-state index contributed by atoms with van der Waals surface area (Å²) in [4.78, 5) is 12.3. The molecule has 22 heavy (non-hydrogen) atoms. The maximum absolute atomic E-state index is 12.3. The molecule has 5 nitrogen and oxygen atoms in total. The third-order valence-corrected chi connectivity index (χ3v) is 3.52. The van der Waals surface area contributed by atoms with E-state index in [4.69, 9.17) is 20.8 Å². The molecule has 0 aliphatic carbocycles. The van der Waals surface area contributed by atoms with E-state index >= 15 is 0 Å². The number of halogens is 1. The van der Waals surface area contributed by atoms with E-state index < -0.39 is 6.04 Å². The fourth-order valence-corrected chi connectivity index (χ4v) is 2.26. The fraction of sp³-hybridized carbons (Fsp3) is 0.312. The van der Waals surface area contributed by atoms with Crippen LogP contribution in [0.2, 0.25) is 5.02 Å². The molecular weight excluding hydrogens is 304 g/mol. The van der Waals surface area contributed by atoms with Gasteiger partial charge in [0.2, 0.25) is 5.91 Å². The van der Waals surface area contributed by atoms with Crippen molar-refractivity contribution in [3.63, 3.8) is 0 Å². The number of carbonyl (C=O) groups excluding carboxylic acids is 1. The SMILES string of the molecule is COc1ccc(Cl)cc1NC(=O)[C@H](C)N[C@H](C)c1ccco1. The average Bonchev–Trinajstić information content (AvgIpc) is 3.01. The molecule has 2 aromatic rings. The number of anilines is 1. The van der Waals surface area contributed by atoms with E-state index in [1.807, 2.05) is 19.1 Å². The van der Waals surface area contributed by atoms with Crippen molar-refractivity contribution in [3.05, 3.63) is 47.4 Å². The van der Waals surface area contributed by atoms with Crippen LogP contribution in [0, 0.1) is 0 Å². The number of ether oxygens (including phenoxy) is 1. The number of rotatable bonds is 6. The molecule has 0 aliphatic heterocycles. The van der Waals surface area contributed by atoms with Gasteiger partial charge >= 0.3 is 0 Å². The first-order valence-corrected chi connectivity index (χ1v) is 7.33. The molecule has 0 fully saturated rings. The molecule has 0 unspecified atom stereocenters. The smallest absolute Gasteiger partial charge is 0.241 e. The van der Waals surface area contributed by atoms with Crippen molar-refractivity contribution in [1.82, 2.24) is 5.32 Å². The monoisotopic (exact) mass is 322 g/mol. The Morgan fingerprint density at radius 2 is 2.09 bits per heavy atom. The highest BCUT2D eigenvalue weighted by molar-refractivity contribution is 6.31. The summed E-state index contributed by atoms with van der Waals surface area (Å²) >= 11 is 5.95. The van der Waals surface area contributed by atoms with Gasteiger partial charge in [-0.2, -0.15) is 0 Å². The molecule has 6 heteroatoms. The predicted molar refractivity (Wildman–Crippen MR) is 86.4 cm³/mol. The minimum absolute atomic E-state index is 0.0722. The van der Waals surface area contributed by atoms with E-state index in [0.717, 1.165) is 5.76 Å². The average molecular weight is 323 g/mol. The molecular formula is C16H19ClN2O3. The van der Waals surface area contributed by atoms with Crippen LogP contribution >= 0.6 is 11.6 Å². The Morgan fingerprint density at radius 3 is 2.73 bits per heavy atom. The number of benzene rings is 1. The predicted octanol–water partition coefficient (Wildman–Crippen LogP) is 3.62. The first-order chi connectivity index (χ1) is 10.5. The van der Waals surface area contributed by atoms with Crippen molar-refractivity contribution in [2.24, 2.45) is 0 Å². The largest absolute Gasteiger partial charge is 0.495 e. The first-order valence-electron chi connectivity index (χ1n) is 6.95. The van der Waals surface area contributed by atoms with Crippen LogP contribution in [0.3, 0.4) is 0 Å². The zero-order valence-electron chi connectivity index (χ0n) is 12.7. The summed E-state index contributed by atoms with van der Waals surface area (Å²) in [6.45, 7) is 3.72. The number of carbonyl (C=O) groups is 1. The number of nitrogens with one attached hydrogen (secondary N) is 2. The van der Waals surface area contributed by atoms with Gasteiger partial charge in [0.05, 0.1) is 31.1 Å². The van der Waals surface area contributed by atoms with Gasteiger partial charge in [-0.25, -0.2) is 0 Å². The number of methoxy groups -OCH3 is 1. The van der Waals surface area contributed by atoms with Crippen molar-refractivity contribution >= 4 is 23.2 Å². The summed E-state index contributed by atoms with van der Waals surface area (Å²) in [5, 5.41) is 6.51. The van der Waals surface area contributed by atoms with Gasteiger partial charge in [0.15, 0.2) is 0 Å². The summed E-state index contributed by atoms with van der Waals surface area (Å²) in [5.74, 6) is 1.16. The summed E-state index contributed by atoms with van der Waals surface area (Å²) in [5.41, 5.74) is 0.541. The van der Waals surface area contributed by atoms with Gasteiger partial charge in [-0.05, 0) is 44.2 Å². The minimum Gasteiger partial charge on any atom is -0.495 e. The Balaban J connectivity index is 2.01. The van der Waals surface area contributed by atoms with Crippen LogP contribution in [-0.2, 0) is 4.79 Å². The summed E-state index contributed by atoms with van der Waals surface area (Å²) in [6.07, 6.45) is 1.61. The second-order valence-electron chi connectivity index (χ2n) is 4.96. The van der Waals surface area contributed by atoms with Crippen molar-refractivity contribution in [2.45, 2.75) is 25.9 Å². The van der Waals surface area contributed by atoms with Gasteiger partial charge in [-0.3, -0.25) is 10.1 Å². The van der Waals surface area contributed by atoms with E-state index in [9.17, 15) is 4.79 Å². The molecule has 2 atom stereocenters. The van der Waals surface area contributed by atoms with E-state index in [-0.39, 0.29) is 11.9 Å². The minimum atomic E-state index is -0.413. The van der Waals surface area contributed by atoms with Crippen LogP contribution in [0.4, 0.5) is 5.69 Å².